The van der Waals surface area contributed by atoms with Crippen molar-refractivity contribution in [2.75, 3.05) is 0 Å². The van der Waals surface area contributed by atoms with Crippen molar-refractivity contribution < 1.29 is 8.42 Å². The van der Waals surface area contributed by atoms with E-state index >= 15 is 0 Å². The fraction of sp³-hybridized carbons (Fsp3) is 0.357. The van der Waals surface area contributed by atoms with Crippen LogP contribution in [-0.2, 0) is 16.6 Å². The second-order valence-electron chi connectivity index (χ2n) is 4.90. The lowest BCUT2D eigenvalue weighted by Crippen LogP contribution is -2.27. The van der Waals surface area contributed by atoms with Crippen LogP contribution in [-0.4, -0.2) is 13.4 Å². The molecule has 0 saturated heterocycles. The van der Waals surface area contributed by atoms with Crippen LogP contribution in [0.4, 0.5) is 0 Å². The van der Waals surface area contributed by atoms with E-state index in [0.29, 0.717) is 12.1 Å². The Balaban J connectivity index is 2.30. The van der Waals surface area contributed by atoms with Crippen LogP contribution in [0.2, 0.25) is 0 Å². The Bertz CT molecular complexity index is 738. The number of hydrogen-bond acceptors (Lipinski definition) is 5. The molecule has 1 unspecified atom stereocenters. The van der Waals surface area contributed by atoms with Gasteiger partial charge in [0.25, 0.3) is 0 Å². The number of hydrogen-bond donors (Lipinski definition) is 2. The summed E-state index contributed by atoms with van der Waals surface area (Å²) in [4.78, 5) is 5.54. The van der Waals surface area contributed by atoms with Crippen molar-refractivity contribution in [1.29, 1.82) is 0 Å². The Morgan fingerprint density at radius 3 is 2.67 bits per heavy atom. The minimum Gasteiger partial charge on any atom is -0.326 e. The van der Waals surface area contributed by atoms with E-state index in [-0.39, 0.29) is 10.9 Å². The van der Waals surface area contributed by atoms with Crippen LogP contribution in [0.25, 0.3) is 0 Å². The number of aromatic nitrogens is 1. The van der Waals surface area contributed by atoms with Gasteiger partial charge in [-0.3, -0.25) is 0 Å². The highest BCUT2D eigenvalue weighted by Gasteiger charge is 2.22. The summed E-state index contributed by atoms with van der Waals surface area (Å²) in [6.45, 7) is 5.82. The smallest absolute Gasteiger partial charge is 0.241 e. The molecule has 0 amide bonds. The third kappa shape index (κ3) is 3.49. The molecule has 1 aromatic heterocycles. The number of nitrogens with two attached hydrogens (primary N) is 1. The van der Waals surface area contributed by atoms with Gasteiger partial charge in [-0.05, 0) is 38.0 Å². The maximum atomic E-state index is 12.5. The molecule has 0 radical (unpaired) electrons. The average molecular weight is 325 g/mol. The van der Waals surface area contributed by atoms with Gasteiger partial charge in [0.15, 0.2) is 0 Å². The second kappa shape index (κ2) is 6.23. The molecular formula is C14H19N3O2S2. The zero-order valence-electron chi connectivity index (χ0n) is 12.3. The van der Waals surface area contributed by atoms with E-state index in [1.165, 1.54) is 11.3 Å². The van der Waals surface area contributed by atoms with Crippen LogP contribution in [0.1, 0.15) is 34.0 Å². The highest BCUT2D eigenvalue weighted by Crippen LogP contribution is 2.23. The molecule has 0 aliphatic heterocycles. The third-order valence-electron chi connectivity index (χ3n) is 3.25. The molecule has 7 heteroatoms. The summed E-state index contributed by atoms with van der Waals surface area (Å²) in [5, 5.41) is 0.753. The summed E-state index contributed by atoms with van der Waals surface area (Å²) in [5.41, 5.74) is 7.15. The Kier molecular flexibility index (Phi) is 4.77. The van der Waals surface area contributed by atoms with E-state index in [4.69, 9.17) is 5.73 Å². The van der Waals surface area contributed by atoms with E-state index in [1.54, 1.807) is 32.2 Å². The maximum Gasteiger partial charge on any atom is 0.241 e. The number of nitrogens with zero attached hydrogens (tertiary/aromatic N) is 1. The lowest BCUT2D eigenvalue weighted by atomic mass is 10.1. The lowest BCUT2D eigenvalue weighted by Gasteiger charge is -2.15. The number of nitrogens with one attached hydrogen (secondary N) is 1. The molecule has 2 aromatic rings. The number of benzene rings is 1. The fourth-order valence-electron chi connectivity index (χ4n) is 2.09. The van der Waals surface area contributed by atoms with Crippen molar-refractivity contribution in [2.24, 2.45) is 5.73 Å². The lowest BCUT2D eigenvalue weighted by molar-refractivity contribution is 0.565. The SMILES string of the molecule is Cc1cnc(C(C)NS(=O)(=O)c2cccc(CN)c2C)s1. The van der Waals surface area contributed by atoms with Gasteiger partial charge in [-0.2, -0.15) is 0 Å². The molecule has 0 fully saturated rings. The van der Waals surface area contributed by atoms with Crippen LogP contribution in [0.15, 0.2) is 29.3 Å². The Hall–Kier alpha value is -1.28. The Morgan fingerprint density at radius 1 is 1.38 bits per heavy atom. The van der Waals surface area contributed by atoms with Crippen LogP contribution < -0.4 is 10.5 Å². The molecule has 21 heavy (non-hydrogen) atoms. The molecule has 0 spiro atoms. The van der Waals surface area contributed by atoms with Gasteiger partial charge in [-0.15, -0.1) is 11.3 Å². The van der Waals surface area contributed by atoms with Gasteiger partial charge in [0.2, 0.25) is 10.0 Å². The number of aryl methyl sites for hydroxylation is 1. The first-order chi connectivity index (χ1) is 9.85. The zero-order chi connectivity index (χ0) is 15.6. The van der Waals surface area contributed by atoms with E-state index in [1.807, 2.05) is 13.0 Å². The predicted octanol–water partition coefficient (Wildman–Crippen LogP) is 2.26. The topological polar surface area (TPSA) is 85.1 Å². The van der Waals surface area contributed by atoms with E-state index in [0.717, 1.165) is 15.4 Å². The minimum absolute atomic E-state index is 0.269. The van der Waals surface area contributed by atoms with Crippen LogP contribution >= 0.6 is 11.3 Å². The monoisotopic (exact) mass is 325 g/mol. The zero-order valence-corrected chi connectivity index (χ0v) is 13.9. The first kappa shape index (κ1) is 16.1. The highest BCUT2D eigenvalue weighted by atomic mass is 32.2. The summed E-state index contributed by atoms with van der Waals surface area (Å²) < 4.78 is 27.7. The summed E-state index contributed by atoms with van der Waals surface area (Å²) >= 11 is 1.49. The van der Waals surface area contributed by atoms with Gasteiger partial charge >= 0.3 is 0 Å². The normalized spacial score (nSPS) is 13.3. The van der Waals surface area contributed by atoms with Crippen molar-refractivity contribution in [2.45, 2.75) is 38.3 Å². The summed E-state index contributed by atoms with van der Waals surface area (Å²) in [5.74, 6) is 0. The fourth-order valence-corrected chi connectivity index (χ4v) is 4.44. The second-order valence-corrected chi connectivity index (χ2v) is 7.85. The molecule has 0 bridgehead atoms. The van der Waals surface area contributed by atoms with Gasteiger partial charge in [-0.1, -0.05) is 12.1 Å². The van der Waals surface area contributed by atoms with Gasteiger partial charge in [0.05, 0.1) is 10.9 Å². The number of rotatable bonds is 5. The largest absolute Gasteiger partial charge is 0.326 e. The van der Waals surface area contributed by atoms with Crippen molar-refractivity contribution >= 4 is 21.4 Å². The van der Waals surface area contributed by atoms with Gasteiger partial charge in [0, 0.05) is 17.6 Å². The van der Waals surface area contributed by atoms with Crippen molar-refractivity contribution in [3.8, 4) is 0 Å². The first-order valence-electron chi connectivity index (χ1n) is 6.58. The van der Waals surface area contributed by atoms with Gasteiger partial charge in [0.1, 0.15) is 5.01 Å². The number of sulfonamides is 1. The summed E-state index contributed by atoms with van der Waals surface area (Å²) in [6, 6.07) is 4.77. The molecule has 0 aliphatic carbocycles. The predicted molar refractivity (Wildman–Crippen MR) is 84.7 cm³/mol. The van der Waals surface area contributed by atoms with Gasteiger partial charge < -0.3 is 5.73 Å². The van der Waals surface area contributed by atoms with E-state index in [2.05, 4.69) is 9.71 Å². The van der Waals surface area contributed by atoms with Crippen LogP contribution in [0, 0.1) is 13.8 Å². The quantitative estimate of drug-likeness (QED) is 0.883. The molecule has 5 nitrogen and oxygen atoms in total. The maximum absolute atomic E-state index is 12.5. The Labute approximate surface area is 129 Å². The highest BCUT2D eigenvalue weighted by molar-refractivity contribution is 7.89. The molecule has 3 N–H and O–H groups in total. The van der Waals surface area contributed by atoms with Crippen molar-refractivity contribution in [1.82, 2.24) is 9.71 Å². The van der Waals surface area contributed by atoms with E-state index in [9.17, 15) is 8.42 Å². The van der Waals surface area contributed by atoms with E-state index < -0.39 is 10.0 Å². The third-order valence-corrected chi connectivity index (χ3v) is 6.03. The molecule has 0 aliphatic rings. The Morgan fingerprint density at radius 2 is 2.10 bits per heavy atom. The molecule has 2 rings (SSSR count). The standard InChI is InChI=1S/C14H19N3O2S2/c1-9-8-16-14(20-9)11(3)17-21(18,19)13-6-4-5-12(7-15)10(13)2/h4-6,8,11,17H,7,15H2,1-3H3. The van der Waals surface area contributed by atoms with Crippen molar-refractivity contribution in [3.05, 3.63) is 45.4 Å². The molecule has 1 heterocycles. The molecular weight excluding hydrogens is 306 g/mol. The van der Waals surface area contributed by atoms with Crippen LogP contribution in [0.5, 0.6) is 0 Å². The minimum atomic E-state index is -3.60. The molecule has 114 valence electrons. The molecule has 1 aromatic carbocycles. The average Bonchev–Trinajstić information content (AvgIpc) is 2.85. The van der Waals surface area contributed by atoms with Crippen molar-refractivity contribution in [3.63, 3.8) is 0 Å². The summed E-state index contributed by atoms with van der Waals surface area (Å²) in [7, 11) is -3.60. The van der Waals surface area contributed by atoms with Gasteiger partial charge in [-0.25, -0.2) is 18.1 Å². The number of thiazole rings is 1. The van der Waals surface area contributed by atoms with Crippen LogP contribution in [0.3, 0.4) is 0 Å². The molecule has 0 saturated carbocycles. The summed E-state index contributed by atoms with van der Waals surface area (Å²) in [6.07, 6.45) is 1.74. The molecule has 1 atom stereocenters. The first-order valence-corrected chi connectivity index (χ1v) is 8.88.